The van der Waals surface area contributed by atoms with Gasteiger partial charge in [0.2, 0.25) is 17.7 Å². The van der Waals surface area contributed by atoms with Gasteiger partial charge in [0.15, 0.2) is 0 Å². The molecule has 3 amide bonds. The lowest BCUT2D eigenvalue weighted by atomic mass is 9.82. The van der Waals surface area contributed by atoms with Gasteiger partial charge in [-0.05, 0) is 67.6 Å². The molecule has 4 N–H and O–H groups in total. The summed E-state index contributed by atoms with van der Waals surface area (Å²) in [6.07, 6.45) is 2.68. The van der Waals surface area contributed by atoms with Crippen LogP contribution >= 0.6 is 0 Å². The fourth-order valence-corrected chi connectivity index (χ4v) is 4.85. The van der Waals surface area contributed by atoms with Gasteiger partial charge in [-0.2, -0.15) is 5.26 Å². The van der Waals surface area contributed by atoms with Gasteiger partial charge in [0.05, 0.1) is 6.07 Å². The lowest BCUT2D eigenvalue weighted by Crippen LogP contribution is -2.47. The smallest absolute Gasteiger partial charge is 0.352 e. The van der Waals surface area contributed by atoms with E-state index in [0.29, 0.717) is 48.0 Å². The molecule has 1 saturated carbocycles. The Bertz CT molecular complexity index is 1450. The molecular formula is C29H31N5O5. The Balaban J connectivity index is 1.55. The van der Waals surface area contributed by atoms with Crippen molar-refractivity contribution in [2.75, 3.05) is 17.3 Å². The van der Waals surface area contributed by atoms with Crippen molar-refractivity contribution in [1.29, 1.82) is 5.26 Å². The van der Waals surface area contributed by atoms with Crippen molar-refractivity contribution in [2.45, 2.75) is 45.1 Å². The quantitative estimate of drug-likeness (QED) is 0.347. The summed E-state index contributed by atoms with van der Waals surface area (Å²) in [6, 6.07) is 15.1. The number of hydrogen-bond acceptors (Lipinski definition) is 5. The number of nitriles is 1. The lowest BCUT2D eigenvalue weighted by Gasteiger charge is -2.26. The second-order valence-corrected chi connectivity index (χ2v) is 9.97. The first kappa shape index (κ1) is 27.4. The number of aromatic nitrogens is 1. The Labute approximate surface area is 226 Å². The maximum Gasteiger partial charge on any atom is 0.352 e. The molecule has 202 valence electrons. The van der Waals surface area contributed by atoms with Gasteiger partial charge in [0, 0.05) is 54.5 Å². The van der Waals surface area contributed by atoms with E-state index in [1.807, 2.05) is 12.1 Å². The van der Waals surface area contributed by atoms with Crippen LogP contribution in [0.5, 0.6) is 0 Å². The molecule has 2 aromatic carbocycles. The van der Waals surface area contributed by atoms with Crippen LogP contribution in [0.25, 0.3) is 10.9 Å². The molecule has 0 saturated heterocycles. The summed E-state index contributed by atoms with van der Waals surface area (Å²) in [5, 5.41) is 24.8. The Morgan fingerprint density at radius 1 is 1.10 bits per heavy atom. The van der Waals surface area contributed by atoms with Crippen LogP contribution in [0.4, 0.5) is 11.4 Å². The highest BCUT2D eigenvalue weighted by Gasteiger charge is 2.30. The van der Waals surface area contributed by atoms with Crippen molar-refractivity contribution in [2.24, 2.45) is 11.8 Å². The molecule has 1 aliphatic rings. The van der Waals surface area contributed by atoms with E-state index in [1.54, 1.807) is 37.4 Å². The molecule has 3 aromatic rings. The highest BCUT2D eigenvalue weighted by molar-refractivity contribution is 6.00. The summed E-state index contributed by atoms with van der Waals surface area (Å²) >= 11 is 0. The Kier molecular flexibility index (Phi) is 8.30. The third-order valence-electron chi connectivity index (χ3n) is 7.24. The fourth-order valence-electron chi connectivity index (χ4n) is 4.85. The molecule has 4 rings (SSSR count). The minimum Gasteiger partial charge on any atom is -0.477 e. The number of anilines is 2. The summed E-state index contributed by atoms with van der Waals surface area (Å²) in [7, 11) is 1.66. The first-order valence-corrected chi connectivity index (χ1v) is 12.8. The van der Waals surface area contributed by atoms with Crippen molar-refractivity contribution >= 4 is 46.0 Å². The first-order chi connectivity index (χ1) is 18.6. The van der Waals surface area contributed by atoms with E-state index < -0.39 is 17.9 Å². The molecule has 0 aliphatic heterocycles. The lowest BCUT2D eigenvalue weighted by molar-refractivity contribution is -0.130. The van der Waals surface area contributed by atoms with E-state index in [4.69, 9.17) is 5.26 Å². The maximum absolute atomic E-state index is 13.5. The summed E-state index contributed by atoms with van der Waals surface area (Å²) in [5.41, 5.74) is 2.56. The average molecular weight is 530 g/mol. The number of aromatic amines is 1. The summed E-state index contributed by atoms with van der Waals surface area (Å²) in [5.74, 6) is -2.18. The van der Waals surface area contributed by atoms with Gasteiger partial charge in [-0.25, -0.2) is 4.79 Å². The van der Waals surface area contributed by atoms with Crippen LogP contribution in [0.15, 0.2) is 48.5 Å². The highest BCUT2D eigenvalue weighted by atomic mass is 16.4. The van der Waals surface area contributed by atoms with Gasteiger partial charge >= 0.3 is 5.97 Å². The molecule has 1 atom stereocenters. The summed E-state index contributed by atoms with van der Waals surface area (Å²) in [4.78, 5) is 54.1. The molecule has 0 bridgehead atoms. The standard InChI is InChI=1S/C29H31N5O5/c1-17(35)34(2)23-5-3-4-19(12-23)13-25(33-27(36)20-8-6-18(16-30)7-9-20)28(37)31-22-10-11-24-21(14-22)15-26(32-24)29(38)39/h3-5,10-12,14-15,18,20,25,32H,6-9,13H2,1-2H3,(H,31,37)(H,33,36)(H,38,39). The number of carboxylic acids is 1. The van der Waals surface area contributed by atoms with Crippen LogP contribution < -0.4 is 15.5 Å². The Morgan fingerprint density at radius 2 is 1.85 bits per heavy atom. The van der Waals surface area contributed by atoms with Gasteiger partial charge in [-0.1, -0.05) is 12.1 Å². The zero-order valence-electron chi connectivity index (χ0n) is 21.9. The minimum absolute atomic E-state index is 0.0418. The number of benzene rings is 2. The fraction of sp³-hybridized carbons (Fsp3) is 0.345. The second kappa shape index (κ2) is 11.8. The summed E-state index contributed by atoms with van der Waals surface area (Å²) < 4.78 is 0. The number of carboxylic acid groups (broad SMARTS) is 1. The highest BCUT2D eigenvalue weighted by Crippen LogP contribution is 2.29. The number of nitrogens with one attached hydrogen (secondary N) is 3. The van der Waals surface area contributed by atoms with Crippen molar-refractivity contribution in [1.82, 2.24) is 10.3 Å². The normalized spacial score (nSPS) is 17.6. The number of nitrogens with zero attached hydrogens (tertiary/aromatic N) is 2. The molecule has 0 spiro atoms. The zero-order valence-corrected chi connectivity index (χ0v) is 21.9. The largest absolute Gasteiger partial charge is 0.477 e. The van der Waals surface area contributed by atoms with Gasteiger partial charge in [0.1, 0.15) is 11.7 Å². The van der Waals surface area contributed by atoms with Crippen LogP contribution in [-0.4, -0.2) is 46.9 Å². The third-order valence-corrected chi connectivity index (χ3v) is 7.24. The second-order valence-electron chi connectivity index (χ2n) is 9.97. The molecule has 10 heteroatoms. The number of H-pyrrole nitrogens is 1. The number of hydrogen-bond donors (Lipinski definition) is 4. The molecular weight excluding hydrogens is 498 g/mol. The van der Waals surface area contributed by atoms with Crippen molar-refractivity contribution < 1.29 is 24.3 Å². The van der Waals surface area contributed by atoms with Gasteiger partial charge in [0.25, 0.3) is 0 Å². The Hall–Kier alpha value is -4.65. The van der Waals surface area contributed by atoms with Gasteiger partial charge in [-0.15, -0.1) is 0 Å². The van der Waals surface area contributed by atoms with Crippen molar-refractivity contribution in [3.8, 4) is 6.07 Å². The number of amides is 3. The summed E-state index contributed by atoms with van der Waals surface area (Å²) in [6.45, 7) is 1.46. The van der Waals surface area contributed by atoms with Crippen molar-refractivity contribution in [3.63, 3.8) is 0 Å². The number of fused-ring (bicyclic) bond motifs is 1. The van der Waals surface area contributed by atoms with Crippen LogP contribution in [0.1, 0.15) is 48.7 Å². The average Bonchev–Trinajstić information content (AvgIpc) is 3.36. The van der Waals surface area contributed by atoms with E-state index in [-0.39, 0.29) is 35.8 Å². The molecule has 1 unspecified atom stereocenters. The molecule has 1 fully saturated rings. The minimum atomic E-state index is -1.08. The molecule has 10 nitrogen and oxygen atoms in total. The van der Waals surface area contributed by atoms with E-state index >= 15 is 0 Å². The van der Waals surface area contributed by atoms with E-state index in [1.165, 1.54) is 17.9 Å². The van der Waals surface area contributed by atoms with Crippen molar-refractivity contribution in [3.05, 3.63) is 59.8 Å². The van der Waals surface area contributed by atoms with Gasteiger partial charge < -0.3 is 25.6 Å². The molecule has 1 heterocycles. The van der Waals surface area contributed by atoms with Crippen LogP contribution in [0, 0.1) is 23.2 Å². The SMILES string of the molecule is CC(=O)N(C)c1cccc(CC(NC(=O)C2CCC(C#N)CC2)C(=O)Nc2ccc3[nH]c(C(=O)O)cc3c2)c1. The molecule has 1 aliphatic carbocycles. The van der Waals surface area contributed by atoms with E-state index in [2.05, 4.69) is 21.7 Å². The number of aromatic carboxylic acids is 1. The zero-order chi connectivity index (χ0) is 28.1. The van der Waals surface area contributed by atoms with E-state index in [0.717, 1.165) is 5.56 Å². The number of carbonyl (C=O) groups is 4. The maximum atomic E-state index is 13.5. The molecule has 0 radical (unpaired) electrons. The predicted octanol–water partition coefficient (Wildman–Crippen LogP) is 3.84. The van der Waals surface area contributed by atoms with Crippen LogP contribution in [-0.2, 0) is 20.8 Å². The number of rotatable bonds is 8. The Morgan fingerprint density at radius 3 is 2.51 bits per heavy atom. The van der Waals surface area contributed by atoms with Crippen LogP contribution in [0.3, 0.4) is 0 Å². The molecule has 1 aromatic heterocycles. The monoisotopic (exact) mass is 529 g/mol. The topological polar surface area (TPSA) is 155 Å². The van der Waals surface area contributed by atoms with Gasteiger partial charge in [-0.3, -0.25) is 14.4 Å². The molecule has 39 heavy (non-hydrogen) atoms. The third kappa shape index (κ3) is 6.62. The van der Waals surface area contributed by atoms with E-state index in [9.17, 15) is 24.3 Å². The number of carbonyl (C=O) groups excluding carboxylic acids is 3. The first-order valence-electron chi connectivity index (χ1n) is 12.8. The predicted molar refractivity (Wildman–Crippen MR) is 146 cm³/mol. The van der Waals surface area contributed by atoms with Crippen LogP contribution in [0.2, 0.25) is 0 Å².